The molecule has 2 rings (SSSR count). The van der Waals surface area contributed by atoms with Gasteiger partial charge in [-0.05, 0) is 47.7 Å². The van der Waals surface area contributed by atoms with Crippen molar-refractivity contribution < 1.29 is 4.74 Å². The minimum Gasteiger partial charge on any atom is -0.487 e. The van der Waals surface area contributed by atoms with Crippen LogP contribution in [0.4, 0.5) is 0 Å². The molecule has 0 unspecified atom stereocenters. The Morgan fingerprint density at radius 3 is 2.62 bits per heavy atom. The lowest BCUT2D eigenvalue weighted by molar-refractivity contribution is 0.299. The van der Waals surface area contributed by atoms with Gasteiger partial charge in [-0.25, -0.2) is 0 Å². The summed E-state index contributed by atoms with van der Waals surface area (Å²) >= 11 is 6.27. The lowest BCUT2D eigenvalue weighted by Crippen LogP contribution is -2.03. The quantitative estimate of drug-likeness (QED) is 0.900. The maximum absolute atomic E-state index is 6.27. The number of aromatic nitrogens is 1. The normalized spacial score (nSPS) is 11.0. The van der Waals surface area contributed by atoms with E-state index in [9.17, 15) is 0 Å². The van der Waals surface area contributed by atoms with Crippen molar-refractivity contribution in [3.05, 3.63) is 57.9 Å². The highest BCUT2D eigenvalue weighted by molar-refractivity contribution is 6.31. The molecule has 21 heavy (non-hydrogen) atoms. The molecule has 0 amide bonds. The third-order valence-electron chi connectivity index (χ3n) is 3.41. The molecule has 0 atom stereocenters. The van der Waals surface area contributed by atoms with Crippen LogP contribution in [-0.2, 0) is 13.2 Å². The Bertz CT molecular complexity index is 609. The van der Waals surface area contributed by atoms with Gasteiger partial charge < -0.3 is 10.5 Å². The van der Waals surface area contributed by atoms with E-state index in [4.69, 9.17) is 22.1 Å². The van der Waals surface area contributed by atoms with Gasteiger partial charge in [-0.2, -0.15) is 0 Å². The topological polar surface area (TPSA) is 48.1 Å². The lowest BCUT2D eigenvalue weighted by Gasteiger charge is -2.14. The second-order valence-corrected chi connectivity index (χ2v) is 5.85. The van der Waals surface area contributed by atoms with Crippen LogP contribution in [0.5, 0.6) is 5.75 Å². The van der Waals surface area contributed by atoms with Gasteiger partial charge in [-0.1, -0.05) is 31.5 Å². The van der Waals surface area contributed by atoms with Crippen molar-refractivity contribution in [1.29, 1.82) is 0 Å². The Balaban J connectivity index is 2.13. The maximum atomic E-state index is 6.27. The van der Waals surface area contributed by atoms with Crippen LogP contribution in [0.3, 0.4) is 0 Å². The van der Waals surface area contributed by atoms with E-state index in [2.05, 4.69) is 18.8 Å². The summed E-state index contributed by atoms with van der Waals surface area (Å²) < 4.78 is 5.89. The predicted octanol–water partition coefficient (Wildman–Crippen LogP) is 4.20. The van der Waals surface area contributed by atoms with Crippen LogP contribution in [-0.4, -0.2) is 4.98 Å². The molecule has 1 aromatic heterocycles. The number of nitrogens with zero attached hydrogens (tertiary/aromatic N) is 1. The molecule has 112 valence electrons. The van der Waals surface area contributed by atoms with Gasteiger partial charge in [0.25, 0.3) is 0 Å². The molecule has 0 saturated heterocycles. The van der Waals surface area contributed by atoms with Crippen LogP contribution in [0.25, 0.3) is 0 Å². The Hall–Kier alpha value is -1.58. The summed E-state index contributed by atoms with van der Waals surface area (Å²) in [6.07, 6.45) is 1.78. The summed E-state index contributed by atoms with van der Waals surface area (Å²) in [5, 5.41) is 0.792. The summed E-state index contributed by atoms with van der Waals surface area (Å²) in [7, 11) is 0. The van der Waals surface area contributed by atoms with Gasteiger partial charge in [0.1, 0.15) is 12.4 Å². The molecule has 0 spiro atoms. The first kappa shape index (κ1) is 15.8. The molecular weight excluding hydrogens is 284 g/mol. The second-order valence-electron chi connectivity index (χ2n) is 5.44. The van der Waals surface area contributed by atoms with E-state index < -0.39 is 0 Å². The Morgan fingerprint density at radius 2 is 2.05 bits per heavy atom. The van der Waals surface area contributed by atoms with Crippen LogP contribution in [0.15, 0.2) is 30.5 Å². The number of halogens is 1. The van der Waals surface area contributed by atoms with E-state index in [-0.39, 0.29) is 0 Å². The molecule has 0 radical (unpaired) electrons. The van der Waals surface area contributed by atoms with Crippen molar-refractivity contribution in [2.24, 2.45) is 5.73 Å². The highest BCUT2D eigenvalue weighted by Crippen LogP contribution is 2.31. The molecule has 0 aliphatic rings. The molecule has 1 aromatic carbocycles. The van der Waals surface area contributed by atoms with Crippen molar-refractivity contribution >= 4 is 11.6 Å². The molecule has 4 heteroatoms. The first-order valence-electron chi connectivity index (χ1n) is 7.08. The van der Waals surface area contributed by atoms with Gasteiger partial charge in [0.05, 0.1) is 5.69 Å². The van der Waals surface area contributed by atoms with E-state index in [1.165, 1.54) is 0 Å². The van der Waals surface area contributed by atoms with Gasteiger partial charge >= 0.3 is 0 Å². The van der Waals surface area contributed by atoms with Gasteiger partial charge in [0.2, 0.25) is 0 Å². The van der Waals surface area contributed by atoms with E-state index in [1.54, 1.807) is 6.20 Å². The molecule has 3 nitrogen and oxygen atoms in total. The van der Waals surface area contributed by atoms with Gasteiger partial charge in [0.15, 0.2) is 0 Å². The zero-order chi connectivity index (χ0) is 15.4. The maximum Gasteiger partial charge on any atom is 0.130 e. The Kier molecular flexibility index (Phi) is 5.21. The molecule has 0 aliphatic heterocycles. The minimum atomic E-state index is 0.363. The second kappa shape index (κ2) is 6.92. The summed E-state index contributed by atoms with van der Waals surface area (Å²) in [5.41, 5.74) is 9.59. The lowest BCUT2D eigenvalue weighted by atomic mass is 10.0. The first-order valence-corrected chi connectivity index (χ1v) is 7.45. The number of pyridine rings is 1. The monoisotopic (exact) mass is 304 g/mol. The van der Waals surface area contributed by atoms with Crippen molar-refractivity contribution in [1.82, 2.24) is 4.98 Å². The highest BCUT2D eigenvalue weighted by Gasteiger charge is 2.10. The SMILES string of the molecule is Cc1cc(Cl)c(C(C)C)cc1OCc1ccc(CN)cn1. The van der Waals surface area contributed by atoms with Crippen LogP contribution >= 0.6 is 11.6 Å². The number of hydrogen-bond acceptors (Lipinski definition) is 3. The van der Waals surface area contributed by atoms with Crippen LogP contribution in [0, 0.1) is 6.92 Å². The molecule has 0 aliphatic carbocycles. The molecular formula is C17H21ClN2O. The molecule has 0 bridgehead atoms. The summed E-state index contributed by atoms with van der Waals surface area (Å²) in [6, 6.07) is 7.89. The standard InChI is InChI=1S/C17H21ClN2O/c1-11(2)15-7-17(12(3)6-16(15)18)21-10-14-5-4-13(8-19)9-20-14/h4-7,9,11H,8,10,19H2,1-3H3. The number of nitrogens with two attached hydrogens (primary N) is 1. The summed E-state index contributed by atoms with van der Waals surface area (Å²) in [5.74, 6) is 1.22. The molecule has 1 heterocycles. The summed E-state index contributed by atoms with van der Waals surface area (Å²) in [6.45, 7) is 7.17. The van der Waals surface area contributed by atoms with Gasteiger partial charge in [0, 0.05) is 17.8 Å². The van der Waals surface area contributed by atoms with E-state index in [0.29, 0.717) is 19.1 Å². The average molecular weight is 305 g/mol. The molecule has 0 fully saturated rings. The molecule has 2 aromatic rings. The van der Waals surface area contributed by atoms with Crippen molar-refractivity contribution in [3.8, 4) is 5.75 Å². The highest BCUT2D eigenvalue weighted by atomic mass is 35.5. The van der Waals surface area contributed by atoms with Crippen LogP contribution in [0.1, 0.15) is 42.1 Å². The smallest absolute Gasteiger partial charge is 0.130 e. The predicted molar refractivity (Wildman–Crippen MR) is 86.7 cm³/mol. The van der Waals surface area contributed by atoms with E-state index in [1.807, 2.05) is 31.2 Å². The van der Waals surface area contributed by atoms with Gasteiger partial charge in [-0.15, -0.1) is 0 Å². The van der Waals surface area contributed by atoms with Crippen LogP contribution < -0.4 is 10.5 Å². The Morgan fingerprint density at radius 1 is 1.29 bits per heavy atom. The number of benzene rings is 1. The zero-order valence-electron chi connectivity index (χ0n) is 12.7. The fourth-order valence-electron chi connectivity index (χ4n) is 2.08. The fourth-order valence-corrected chi connectivity index (χ4v) is 2.52. The number of aryl methyl sites for hydroxylation is 1. The van der Waals surface area contributed by atoms with Crippen molar-refractivity contribution in [3.63, 3.8) is 0 Å². The molecule has 2 N–H and O–H groups in total. The third kappa shape index (κ3) is 3.96. The van der Waals surface area contributed by atoms with E-state index in [0.717, 1.165) is 33.2 Å². The van der Waals surface area contributed by atoms with Crippen molar-refractivity contribution in [2.45, 2.75) is 39.8 Å². The zero-order valence-corrected chi connectivity index (χ0v) is 13.4. The first-order chi connectivity index (χ1) is 10.0. The number of rotatable bonds is 5. The largest absolute Gasteiger partial charge is 0.487 e. The number of hydrogen-bond donors (Lipinski definition) is 1. The fraction of sp³-hybridized carbons (Fsp3) is 0.353. The van der Waals surface area contributed by atoms with Crippen LogP contribution in [0.2, 0.25) is 5.02 Å². The van der Waals surface area contributed by atoms with Gasteiger partial charge in [-0.3, -0.25) is 4.98 Å². The van der Waals surface area contributed by atoms with E-state index >= 15 is 0 Å². The van der Waals surface area contributed by atoms with Crippen molar-refractivity contribution in [2.75, 3.05) is 0 Å². The minimum absolute atomic E-state index is 0.363. The third-order valence-corrected chi connectivity index (χ3v) is 3.74. The molecule has 0 saturated carbocycles. The average Bonchev–Trinajstić information content (AvgIpc) is 2.46. The number of ether oxygens (including phenoxy) is 1. The Labute approximate surface area is 131 Å². The summed E-state index contributed by atoms with van der Waals surface area (Å²) in [4.78, 5) is 4.34.